The zero-order valence-corrected chi connectivity index (χ0v) is 13.6. The van der Waals surface area contributed by atoms with Gasteiger partial charge >= 0.3 is 0 Å². The SMILES string of the molecule is CN[C@@H](CCCCN)C(=O)NC(=O)c1cccc(I)c1. The second kappa shape index (κ2) is 9.04. The van der Waals surface area contributed by atoms with Gasteiger partial charge in [0.1, 0.15) is 0 Å². The number of rotatable bonds is 7. The largest absolute Gasteiger partial charge is 0.330 e. The molecule has 0 aliphatic heterocycles. The molecule has 0 spiro atoms. The fraction of sp³-hybridized carbons (Fsp3) is 0.429. The van der Waals surface area contributed by atoms with E-state index in [-0.39, 0.29) is 17.9 Å². The number of carbonyl (C=O) groups is 2. The van der Waals surface area contributed by atoms with E-state index in [9.17, 15) is 9.59 Å². The van der Waals surface area contributed by atoms with E-state index in [0.717, 1.165) is 16.4 Å². The first-order valence-corrected chi connectivity index (χ1v) is 7.64. The van der Waals surface area contributed by atoms with Crippen molar-refractivity contribution in [1.29, 1.82) is 0 Å². The van der Waals surface area contributed by atoms with Gasteiger partial charge < -0.3 is 11.1 Å². The fourth-order valence-electron chi connectivity index (χ4n) is 1.80. The summed E-state index contributed by atoms with van der Waals surface area (Å²) in [7, 11) is 1.71. The van der Waals surface area contributed by atoms with Crippen LogP contribution in [0.2, 0.25) is 0 Å². The molecule has 0 saturated carbocycles. The predicted octanol–water partition coefficient (Wildman–Crippen LogP) is 1.26. The maximum absolute atomic E-state index is 12.0. The van der Waals surface area contributed by atoms with Crippen LogP contribution in [0.25, 0.3) is 0 Å². The molecule has 0 radical (unpaired) electrons. The lowest BCUT2D eigenvalue weighted by Crippen LogP contribution is -2.45. The van der Waals surface area contributed by atoms with Crippen LogP contribution in [0.4, 0.5) is 0 Å². The van der Waals surface area contributed by atoms with Crippen molar-refractivity contribution in [1.82, 2.24) is 10.6 Å². The van der Waals surface area contributed by atoms with E-state index in [1.54, 1.807) is 25.2 Å². The van der Waals surface area contributed by atoms with Gasteiger partial charge in [0.05, 0.1) is 6.04 Å². The second-order valence-electron chi connectivity index (χ2n) is 4.45. The Morgan fingerprint density at radius 2 is 2.10 bits per heavy atom. The molecule has 6 heteroatoms. The third kappa shape index (κ3) is 5.56. The summed E-state index contributed by atoms with van der Waals surface area (Å²) >= 11 is 2.13. The first-order chi connectivity index (χ1) is 9.58. The lowest BCUT2D eigenvalue weighted by Gasteiger charge is -2.15. The molecular formula is C14H20IN3O2. The molecule has 1 rings (SSSR count). The summed E-state index contributed by atoms with van der Waals surface area (Å²) in [6.45, 7) is 0.611. The highest BCUT2D eigenvalue weighted by Gasteiger charge is 2.19. The van der Waals surface area contributed by atoms with Crippen molar-refractivity contribution < 1.29 is 9.59 Å². The molecule has 0 aromatic heterocycles. The van der Waals surface area contributed by atoms with Gasteiger partial charge in [-0.2, -0.15) is 0 Å². The van der Waals surface area contributed by atoms with E-state index in [0.29, 0.717) is 18.5 Å². The van der Waals surface area contributed by atoms with Crippen LogP contribution in [0.5, 0.6) is 0 Å². The summed E-state index contributed by atoms with van der Waals surface area (Å²) in [6, 6.07) is 6.74. The number of nitrogens with one attached hydrogen (secondary N) is 2. The first kappa shape index (κ1) is 17.1. The normalized spacial score (nSPS) is 11.9. The number of amides is 2. The molecule has 20 heavy (non-hydrogen) atoms. The summed E-state index contributed by atoms with van der Waals surface area (Å²) in [4.78, 5) is 24.0. The smallest absolute Gasteiger partial charge is 0.257 e. The summed E-state index contributed by atoms with van der Waals surface area (Å²) < 4.78 is 0.954. The summed E-state index contributed by atoms with van der Waals surface area (Å²) in [5.41, 5.74) is 5.92. The zero-order chi connectivity index (χ0) is 15.0. The van der Waals surface area contributed by atoms with Gasteiger partial charge in [-0.1, -0.05) is 12.5 Å². The fourth-order valence-corrected chi connectivity index (χ4v) is 2.34. The van der Waals surface area contributed by atoms with Crippen LogP contribution in [0.15, 0.2) is 24.3 Å². The molecular weight excluding hydrogens is 369 g/mol. The number of imide groups is 1. The number of carbonyl (C=O) groups excluding carboxylic acids is 2. The second-order valence-corrected chi connectivity index (χ2v) is 5.70. The van der Waals surface area contributed by atoms with E-state index in [1.807, 2.05) is 6.07 Å². The minimum atomic E-state index is -0.368. The molecule has 0 aliphatic rings. The van der Waals surface area contributed by atoms with Gasteiger partial charge in [-0.3, -0.25) is 14.9 Å². The maximum Gasteiger partial charge on any atom is 0.257 e. The van der Waals surface area contributed by atoms with Crippen LogP contribution in [0.3, 0.4) is 0 Å². The highest BCUT2D eigenvalue weighted by molar-refractivity contribution is 14.1. The standard InChI is InChI=1S/C14H20IN3O2/c1-17-12(7-2-3-8-16)14(20)18-13(19)10-5-4-6-11(15)9-10/h4-6,9,12,17H,2-3,7-8,16H2,1H3,(H,18,19,20)/t12-/m0/s1. The minimum Gasteiger partial charge on any atom is -0.330 e. The van der Waals surface area contributed by atoms with Crippen molar-refractivity contribution in [2.75, 3.05) is 13.6 Å². The van der Waals surface area contributed by atoms with Gasteiger partial charge in [-0.25, -0.2) is 0 Å². The molecule has 1 aromatic carbocycles. The molecule has 0 bridgehead atoms. The van der Waals surface area contributed by atoms with Crippen LogP contribution >= 0.6 is 22.6 Å². The molecule has 5 nitrogen and oxygen atoms in total. The molecule has 0 heterocycles. The zero-order valence-electron chi connectivity index (χ0n) is 11.5. The molecule has 1 aromatic rings. The van der Waals surface area contributed by atoms with Gasteiger partial charge in [0, 0.05) is 9.13 Å². The predicted molar refractivity (Wildman–Crippen MR) is 87.4 cm³/mol. The number of unbranched alkanes of at least 4 members (excludes halogenated alkanes) is 1. The Morgan fingerprint density at radius 1 is 1.35 bits per heavy atom. The van der Waals surface area contributed by atoms with Gasteiger partial charge in [-0.15, -0.1) is 0 Å². The van der Waals surface area contributed by atoms with Crippen LogP contribution in [0, 0.1) is 3.57 Å². The van der Waals surface area contributed by atoms with Crippen molar-refractivity contribution in [3.05, 3.63) is 33.4 Å². The lowest BCUT2D eigenvalue weighted by atomic mass is 10.1. The van der Waals surface area contributed by atoms with Gasteiger partial charge in [0.25, 0.3) is 5.91 Å². The summed E-state index contributed by atoms with van der Waals surface area (Å²) in [6.07, 6.45) is 2.39. The molecule has 2 amide bonds. The number of likely N-dealkylation sites (N-methyl/N-ethyl adjacent to an activating group) is 1. The molecule has 0 fully saturated rings. The summed E-state index contributed by atoms with van der Waals surface area (Å²) in [5, 5.41) is 5.35. The summed E-state index contributed by atoms with van der Waals surface area (Å²) in [5.74, 6) is -0.666. The number of hydrogen-bond acceptors (Lipinski definition) is 4. The topological polar surface area (TPSA) is 84.2 Å². The molecule has 1 atom stereocenters. The van der Waals surface area contributed by atoms with Crippen molar-refractivity contribution in [2.45, 2.75) is 25.3 Å². The third-order valence-electron chi connectivity index (χ3n) is 2.94. The Labute approximate surface area is 132 Å². The molecule has 110 valence electrons. The monoisotopic (exact) mass is 389 g/mol. The highest BCUT2D eigenvalue weighted by Crippen LogP contribution is 2.08. The number of hydrogen-bond donors (Lipinski definition) is 3. The molecule has 0 aliphatic carbocycles. The van der Waals surface area contributed by atoms with Crippen LogP contribution in [-0.4, -0.2) is 31.4 Å². The van der Waals surface area contributed by atoms with Gasteiger partial charge in [-0.05, 0) is 67.2 Å². The quantitative estimate of drug-likeness (QED) is 0.485. The molecule has 0 saturated heterocycles. The van der Waals surface area contributed by atoms with Crippen LogP contribution in [-0.2, 0) is 4.79 Å². The van der Waals surface area contributed by atoms with Gasteiger partial charge in [0.2, 0.25) is 5.91 Å². The maximum atomic E-state index is 12.0. The average Bonchev–Trinajstić information content (AvgIpc) is 2.43. The molecule has 0 unspecified atom stereocenters. The van der Waals surface area contributed by atoms with Crippen molar-refractivity contribution >= 4 is 34.4 Å². The Morgan fingerprint density at radius 3 is 2.70 bits per heavy atom. The van der Waals surface area contributed by atoms with E-state index in [2.05, 4.69) is 33.2 Å². The Bertz CT molecular complexity index is 465. The minimum absolute atomic E-state index is 0.298. The Hall–Kier alpha value is -0.990. The first-order valence-electron chi connectivity index (χ1n) is 6.56. The Kier molecular flexibility index (Phi) is 7.71. The van der Waals surface area contributed by atoms with E-state index in [4.69, 9.17) is 5.73 Å². The average molecular weight is 389 g/mol. The third-order valence-corrected chi connectivity index (χ3v) is 3.61. The van der Waals surface area contributed by atoms with Crippen LogP contribution in [0.1, 0.15) is 29.6 Å². The lowest BCUT2D eigenvalue weighted by molar-refractivity contribution is -0.122. The van der Waals surface area contributed by atoms with E-state index in [1.165, 1.54) is 0 Å². The van der Waals surface area contributed by atoms with E-state index < -0.39 is 0 Å². The van der Waals surface area contributed by atoms with Crippen molar-refractivity contribution in [3.8, 4) is 0 Å². The van der Waals surface area contributed by atoms with Crippen LogP contribution < -0.4 is 16.4 Å². The number of halogens is 1. The van der Waals surface area contributed by atoms with E-state index >= 15 is 0 Å². The molecule has 4 N–H and O–H groups in total. The number of benzene rings is 1. The highest BCUT2D eigenvalue weighted by atomic mass is 127. The van der Waals surface area contributed by atoms with Crippen molar-refractivity contribution in [3.63, 3.8) is 0 Å². The number of nitrogens with two attached hydrogens (primary N) is 1. The van der Waals surface area contributed by atoms with Crippen molar-refractivity contribution in [2.24, 2.45) is 5.73 Å². The van der Waals surface area contributed by atoms with Gasteiger partial charge in [0.15, 0.2) is 0 Å². The Balaban J connectivity index is 2.57.